The number of benzene rings is 1. The van der Waals surface area contributed by atoms with Crippen molar-refractivity contribution >= 4 is 41.6 Å². The number of rotatable bonds is 3. The predicted molar refractivity (Wildman–Crippen MR) is 84.8 cm³/mol. The van der Waals surface area contributed by atoms with E-state index < -0.39 is 0 Å². The van der Waals surface area contributed by atoms with Crippen molar-refractivity contribution in [3.8, 4) is 0 Å². The first kappa shape index (κ1) is 14.7. The van der Waals surface area contributed by atoms with Crippen molar-refractivity contribution in [2.75, 3.05) is 6.61 Å². The molecule has 0 aliphatic carbocycles. The van der Waals surface area contributed by atoms with Crippen LogP contribution in [0.4, 0.5) is 0 Å². The van der Waals surface area contributed by atoms with Crippen molar-refractivity contribution in [1.29, 1.82) is 0 Å². The Labute approximate surface area is 136 Å². The molecule has 1 saturated heterocycles. The Bertz CT molecular complexity index is 734. The molecule has 8 heteroatoms. The van der Waals surface area contributed by atoms with E-state index in [1.807, 2.05) is 12.1 Å². The van der Waals surface area contributed by atoms with Crippen LogP contribution in [0, 0.1) is 4.77 Å². The molecule has 1 aromatic carbocycles. The normalized spacial score (nSPS) is 18.7. The number of ether oxygens (including phenoxy) is 1. The van der Waals surface area contributed by atoms with Crippen LogP contribution in [0.3, 0.4) is 0 Å². The van der Waals surface area contributed by atoms with Gasteiger partial charge in [-0.05, 0) is 31.1 Å². The van der Waals surface area contributed by atoms with Crippen LogP contribution in [0.15, 0.2) is 23.3 Å². The summed E-state index contributed by atoms with van der Waals surface area (Å²) in [6.45, 7) is 0.730. The molecule has 1 fully saturated rings. The summed E-state index contributed by atoms with van der Waals surface area (Å²) in [6.07, 6.45) is 3.45. The van der Waals surface area contributed by atoms with Gasteiger partial charge in [0.25, 0.3) is 0 Å². The molecule has 5 nitrogen and oxygen atoms in total. The molecular formula is C13H12Cl2N4OS. The van der Waals surface area contributed by atoms with E-state index in [9.17, 15) is 0 Å². The second kappa shape index (κ2) is 6.27. The minimum absolute atomic E-state index is 0.0788. The lowest BCUT2D eigenvalue weighted by atomic mass is 10.2. The quantitative estimate of drug-likeness (QED) is 0.677. The maximum Gasteiger partial charge on any atom is 0.216 e. The number of aromatic amines is 1. The van der Waals surface area contributed by atoms with Gasteiger partial charge in [0.2, 0.25) is 4.77 Å². The van der Waals surface area contributed by atoms with Gasteiger partial charge < -0.3 is 4.74 Å². The number of hydrogen-bond donors (Lipinski definition) is 1. The maximum absolute atomic E-state index is 6.13. The van der Waals surface area contributed by atoms with E-state index in [2.05, 4.69) is 15.3 Å². The van der Waals surface area contributed by atoms with Gasteiger partial charge in [0.05, 0.1) is 16.3 Å². The minimum atomic E-state index is -0.0788. The van der Waals surface area contributed by atoms with Crippen LogP contribution in [-0.2, 0) is 4.74 Å². The Kier molecular flexibility index (Phi) is 4.40. The van der Waals surface area contributed by atoms with Gasteiger partial charge in [0.15, 0.2) is 5.82 Å². The number of hydrogen-bond acceptors (Lipinski definition) is 4. The molecule has 1 N–H and O–H groups in total. The summed E-state index contributed by atoms with van der Waals surface area (Å²) in [5.41, 5.74) is 0.713. The molecule has 110 valence electrons. The molecule has 0 saturated carbocycles. The van der Waals surface area contributed by atoms with Crippen molar-refractivity contribution in [1.82, 2.24) is 14.9 Å². The zero-order valence-corrected chi connectivity index (χ0v) is 13.3. The van der Waals surface area contributed by atoms with Gasteiger partial charge in [-0.1, -0.05) is 35.3 Å². The Morgan fingerprint density at radius 2 is 2.33 bits per heavy atom. The lowest BCUT2D eigenvalue weighted by molar-refractivity contribution is 0.102. The van der Waals surface area contributed by atoms with Crippen molar-refractivity contribution < 1.29 is 4.74 Å². The highest BCUT2D eigenvalue weighted by molar-refractivity contribution is 7.71. The van der Waals surface area contributed by atoms with Gasteiger partial charge in [-0.25, -0.2) is 0 Å². The molecule has 2 heterocycles. The monoisotopic (exact) mass is 342 g/mol. The van der Waals surface area contributed by atoms with Gasteiger partial charge >= 0.3 is 0 Å². The number of nitrogens with zero attached hydrogens (tertiary/aromatic N) is 3. The zero-order valence-electron chi connectivity index (χ0n) is 10.9. The van der Waals surface area contributed by atoms with Gasteiger partial charge in [-0.3, -0.25) is 5.10 Å². The van der Waals surface area contributed by atoms with Gasteiger partial charge in [-0.15, -0.1) is 0 Å². The number of nitrogens with one attached hydrogen (secondary N) is 1. The summed E-state index contributed by atoms with van der Waals surface area (Å²) in [4.78, 5) is 0. The van der Waals surface area contributed by atoms with E-state index >= 15 is 0 Å². The van der Waals surface area contributed by atoms with E-state index in [-0.39, 0.29) is 6.10 Å². The molecule has 1 atom stereocenters. The summed E-state index contributed by atoms with van der Waals surface area (Å²) >= 11 is 17.3. The third kappa shape index (κ3) is 3.03. The SMILES string of the molecule is S=c1[nH]nc([C@H]2CCCO2)n1/N=C\c1cccc(Cl)c1Cl. The molecule has 3 rings (SSSR count). The van der Waals surface area contributed by atoms with Crippen LogP contribution in [0.2, 0.25) is 10.0 Å². The Balaban J connectivity index is 1.94. The third-order valence-electron chi connectivity index (χ3n) is 3.19. The second-order valence-corrected chi connectivity index (χ2v) is 5.76. The Hall–Kier alpha value is -1.21. The average molecular weight is 343 g/mol. The molecule has 1 aliphatic rings. The minimum Gasteiger partial charge on any atom is -0.370 e. The van der Waals surface area contributed by atoms with Crippen LogP contribution in [-0.4, -0.2) is 27.7 Å². The molecule has 0 unspecified atom stereocenters. The number of halogens is 2. The summed E-state index contributed by atoms with van der Waals surface area (Å²) in [7, 11) is 0. The molecular weight excluding hydrogens is 331 g/mol. The molecule has 1 aromatic heterocycles. The molecule has 2 aromatic rings. The van der Waals surface area contributed by atoms with Crippen LogP contribution < -0.4 is 0 Å². The number of H-pyrrole nitrogens is 1. The van der Waals surface area contributed by atoms with Crippen LogP contribution >= 0.6 is 35.4 Å². The van der Waals surface area contributed by atoms with Crippen molar-refractivity contribution in [2.24, 2.45) is 5.10 Å². The topological polar surface area (TPSA) is 55.2 Å². The predicted octanol–water partition coefficient (Wildman–Crippen LogP) is 3.98. The van der Waals surface area contributed by atoms with Crippen molar-refractivity contribution in [3.63, 3.8) is 0 Å². The maximum atomic E-state index is 6.13. The summed E-state index contributed by atoms with van der Waals surface area (Å²) in [5.74, 6) is 0.673. The summed E-state index contributed by atoms with van der Waals surface area (Å²) < 4.78 is 7.59. The highest BCUT2D eigenvalue weighted by atomic mass is 35.5. The van der Waals surface area contributed by atoms with E-state index in [0.717, 1.165) is 19.4 Å². The van der Waals surface area contributed by atoms with Crippen LogP contribution in [0.1, 0.15) is 30.3 Å². The Morgan fingerprint density at radius 1 is 1.48 bits per heavy atom. The third-order valence-corrected chi connectivity index (χ3v) is 4.28. The molecule has 0 radical (unpaired) electrons. The van der Waals surface area contributed by atoms with E-state index in [1.54, 1.807) is 17.0 Å². The average Bonchev–Trinajstić information content (AvgIpc) is 3.10. The van der Waals surface area contributed by atoms with Crippen molar-refractivity contribution in [2.45, 2.75) is 18.9 Å². The first-order valence-electron chi connectivity index (χ1n) is 6.44. The standard InChI is InChI=1S/C13H12Cl2N4OS/c14-9-4-1-3-8(11(9)15)7-16-19-12(17-18-13(19)21)10-5-2-6-20-10/h1,3-4,7,10H,2,5-6H2,(H,18,21)/b16-7-/t10-/m1/s1. The molecule has 21 heavy (non-hydrogen) atoms. The Morgan fingerprint density at radius 3 is 3.10 bits per heavy atom. The molecule has 1 aliphatic heterocycles. The van der Waals surface area contributed by atoms with Gasteiger partial charge in [-0.2, -0.15) is 14.9 Å². The lowest BCUT2D eigenvalue weighted by Gasteiger charge is -2.07. The fourth-order valence-electron chi connectivity index (χ4n) is 2.15. The van der Waals surface area contributed by atoms with Gasteiger partial charge in [0, 0.05) is 12.2 Å². The highest BCUT2D eigenvalue weighted by Crippen LogP contribution is 2.27. The van der Waals surface area contributed by atoms with E-state index in [0.29, 0.717) is 26.2 Å². The van der Waals surface area contributed by atoms with Crippen LogP contribution in [0.25, 0.3) is 0 Å². The van der Waals surface area contributed by atoms with E-state index in [4.69, 9.17) is 40.2 Å². The smallest absolute Gasteiger partial charge is 0.216 e. The molecule has 0 amide bonds. The largest absolute Gasteiger partial charge is 0.370 e. The first-order valence-corrected chi connectivity index (χ1v) is 7.60. The second-order valence-electron chi connectivity index (χ2n) is 4.59. The van der Waals surface area contributed by atoms with Gasteiger partial charge in [0.1, 0.15) is 6.10 Å². The fourth-order valence-corrected chi connectivity index (χ4v) is 2.69. The lowest BCUT2D eigenvalue weighted by Crippen LogP contribution is -2.05. The highest BCUT2D eigenvalue weighted by Gasteiger charge is 2.23. The van der Waals surface area contributed by atoms with E-state index in [1.165, 1.54) is 0 Å². The zero-order chi connectivity index (χ0) is 14.8. The fraction of sp³-hybridized carbons (Fsp3) is 0.308. The number of aromatic nitrogens is 3. The van der Waals surface area contributed by atoms with Crippen LogP contribution in [0.5, 0.6) is 0 Å². The summed E-state index contributed by atoms with van der Waals surface area (Å²) in [5, 5.41) is 12.2. The summed E-state index contributed by atoms with van der Waals surface area (Å²) in [6, 6.07) is 5.36. The molecule has 0 spiro atoms. The first-order chi connectivity index (χ1) is 10.2. The molecule has 0 bridgehead atoms. The van der Waals surface area contributed by atoms with Crippen molar-refractivity contribution in [3.05, 3.63) is 44.4 Å².